The fourth-order valence-corrected chi connectivity index (χ4v) is 2.98. The molecule has 1 heterocycles. The summed E-state index contributed by atoms with van der Waals surface area (Å²) in [6.45, 7) is -0.295. The van der Waals surface area contributed by atoms with Crippen molar-refractivity contribution in [1.29, 1.82) is 0 Å². The van der Waals surface area contributed by atoms with Crippen molar-refractivity contribution in [2.24, 2.45) is 0 Å². The summed E-state index contributed by atoms with van der Waals surface area (Å²) in [4.78, 5) is 35.4. The molecule has 3 rings (SSSR count). The summed E-state index contributed by atoms with van der Waals surface area (Å²) in [5.41, 5.74) is 0.116. The number of aromatic amines is 1. The highest BCUT2D eigenvalue weighted by molar-refractivity contribution is 5.87. The Balaban J connectivity index is 1.58. The Kier molecular flexibility index (Phi) is 4.88. The molecule has 0 spiro atoms. The van der Waals surface area contributed by atoms with Crippen LogP contribution in [0.5, 0.6) is 0 Å². The lowest BCUT2D eigenvalue weighted by Gasteiger charge is -2.12. The molecule has 0 aliphatic heterocycles. The lowest BCUT2D eigenvalue weighted by atomic mass is 10.1. The van der Waals surface area contributed by atoms with Gasteiger partial charge < -0.3 is 10.1 Å². The van der Waals surface area contributed by atoms with Gasteiger partial charge in [-0.3, -0.25) is 14.4 Å². The van der Waals surface area contributed by atoms with Crippen LogP contribution in [-0.2, 0) is 20.7 Å². The molecule has 1 fully saturated rings. The maximum absolute atomic E-state index is 11.9. The van der Waals surface area contributed by atoms with Crippen molar-refractivity contribution in [1.82, 2.24) is 15.5 Å². The summed E-state index contributed by atoms with van der Waals surface area (Å²) in [5.74, 6) is -0.837. The van der Waals surface area contributed by atoms with E-state index in [1.807, 2.05) is 0 Å². The minimum Gasteiger partial charge on any atom is -0.455 e. The molecule has 0 bridgehead atoms. The van der Waals surface area contributed by atoms with Crippen LogP contribution in [0.4, 0.5) is 0 Å². The second-order valence-corrected chi connectivity index (χ2v) is 5.93. The molecule has 2 N–H and O–H groups in total. The third-order valence-electron chi connectivity index (χ3n) is 4.17. The number of carbonyl (C=O) groups is 2. The molecular formula is C17H19N3O4. The number of fused-ring (bicyclic) bond motifs is 1. The number of esters is 1. The highest BCUT2D eigenvalue weighted by atomic mass is 16.5. The first kappa shape index (κ1) is 16.2. The van der Waals surface area contributed by atoms with Gasteiger partial charge >= 0.3 is 5.97 Å². The van der Waals surface area contributed by atoms with Crippen LogP contribution in [0.3, 0.4) is 0 Å². The lowest BCUT2D eigenvalue weighted by Crippen LogP contribution is -2.36. The number of aromatic nitrogens is 2. The number of nitrogens with zero attached hydrogens (tertiary/aromatic N) is 1. The number of ether oxygens (including phenoxy) is 1. The van der Waals surface area contributed by atoms with Crippen molar-refractivity contribution in [2.45, 2.75) is 38.1 Å². The summed E-state index contributed by atoms with van der Waals surface area (Å²) in [6.07, 6.45) is 4.10. The highest BCUT2D eigenvalue weighted by Gasteiger charge is 2.18. The van der Waals surface area contributed by atoms with Crippen molar-refractivity contribution in [2.75, 3.05) is 6.61 Å². The second-order valence-electron chi connectivity index (χ2n) is 5.93. The van der Waals surface area contributed by atoms with Crippen LogP contribution in [-0.4, -0.2) is 34.7 Å². The Labute approximate surface area is 138 Å². The third-order valence-corrected chi connectivity index (χ3v) is 4.17. The van der Waals surface area contributed by atoms with E-state index < -0.39 is 5.97 Å². The van der Waals surface area contributed by atoms with Gasteiger partial charge in [0.1, 0.15) is 0 Å². The number of amides is 1. The lowest BCUT2D eigenvalue weighted by molar-refractivity contribution is -0.148. The van der Waals surface area contributed by atoms with E-state index in [0.717, 1.165) is 25.7 Å². The molecule has 0 unspecified atom stereocenters. The molecule has 126 valence electrons. The molecule has 1 aromatic heterocycles. The number of rotatable bonds is 5. The Morgan fingerprint density at radius 2 is 1.92 bits per heavy atom. The Morgan fingerprint density at radius 1 is 1.21 bits per heavy atom. The van der Waals surface area contributed by atoms with E-state index in [9.17, 15) is 14.4 Å². The van der Waals surface area contributed by atoms with Crippen molar-refractivity contribution in [3.63, 3.8) is 0 Å². The van der Waals surface area contributed by atoms with E-state index >= 15 is 0 Å². The Bertz CT molecular complexity index is 809. The normalized spacial score (nSPS) is 14.7. The smallest absolute Gasteiger partial charge is 0.312 e. The van der Waals surface area contributed by atoms with Crippen LogP contribution >= 0.6 is 0 Å². The zero-order valence-corrected chi connectivity index (χ0v) is 13.2. The first-order valence-electron chi connectivity index (χ1n) is 8.05. The van der Waals surface area contributed by atoms with Gasteiger partial charge in [0.25, 0.3) is 11.5 Å². The third kappa shape index (κ3) is 3.79. The maximum atomic E-state index is 11.9. The summed E-state index contributed by atoms with van der Waals surface area (Å²) >= 11 is 0. The van der Waals surface area contributed by atoms with Crippen LogP contribution in [0.25, 0.3) is 10.8 Å². The first-order chi connectivity index (χ1) is 11.6. The van der Waals surface area contributed by atoms with Crippen molar-refractivity contribution in [3.8, 4) is 0 Å². The molecule has 0 saturated heterocycles. The first-order valence-corrected chi connectivity index (χ1v) is 8.05. The van der Waals surface area contributed by atoms with Crippen LogP contribution in [0.1, 0.15) is 31.4 Å². The molecule has 1 aliphatic rings. The van der Waals surface area contributed by atoms with Gasteiger partial charge in [0.2, 0.25) is 0 Å². The van der Waals surface area contributed by atoms with Crippen LogP contribution in [0.2, 0.25) is 0 Å². The molecular weight excluding hydrogens is 310 g/mol. The zero-order valence-electron chi connectivity index (χ0n) is 13.2. The number of benzene rings is 1. The van der Waals surface area contributed by atoms with Gasteiger partial charge in [-0.15, -0.1) is 0 Å². The number of H-pyrrole nitrogens is 1. The van der Waals surface area contributed by atoms with E-state index in [1.165, 1.54) is 0 Å². The fraction of sp³-hybridized carbons (Fsp3) is 0.412. The molecule has 1 saturated carbocycles. The van der Waals surface area contributed by atoms with Crippen LogP contribution < -0.4 is 10.9 Å². The summed E-state index contributed by atoms with van der Waals surface area (Å²) in [7, 11) is 0. The average Bonchev–Trinajstić information content (AvgIpc) is 3.09. The fourth-order valence-electron chi connectivity index (χ4n) is 2.98. The van der Waals surface area contributed by atoms with E-state index in [1.54, 1.807) is 24.3 Å². The molecule has 1 aliphatic carbocycles. The Hall–Kier alpha value is -2.70. The molecule has 1 amide bonds. The standard InChI is InChI=1S/C17H19N3O4/c21-15(18-11-5-1-2-6-11)10-24-16(22)9-14-12-7-3-4-8-13(12)17(23)20-19-14/h3-4,7-8,11H,1-2,5-6,9-10H2,(H,18,21)(H,20,23). The molecule has 0 atom stereocenters. The zero-order chi connectivity index (χ0) is 16.9. The number of hydrogen-bond donors (Lipinski definition) is 2. The number of nitrogens with one attached hydrogen (secondary N) is 2. The molecule has 24 heavy (non-hydrogen) atoms. The van der Waals surface area contributed by atoms with Gasteiger partial charge in [-0.05, 0) is 18.9 Å². The van der Waals surface area contributed by atoms with E-state index in [0.29, 0.717) is 16.5 Å². The van der Waals surface area contributed by atoms with Gasteiger partial charge in [-0.2, -0.15) is 5.10 Å². The monoisotopic (exact) mass is 329 g/mol. The predicted molar refractivity (Wildman–Crippen MR) is 87.4 cm³/mol. The maximum Gasteiger partial charge on any atom is 0.312 e. The predicted octanol–water partition coefficient (Wildman–Crippen LogP) is 1.07. The Morgan fingerprint density at radius 3 is 2.67 bits per heavy atom. The molecule has 1 aromatic carbocycles. The largest absolute Gasteiger partial charge is 0.455 e. The van der Waals surface area contributed by atoms with E-state index in [2.05, 4.69) is 15.5 Å². The SMILES string of the molecule is O=C(COC(=O)Cc1n[nH]c(=O)c2ccccc12)NC1CCCC1. The quantitative estimate of drug-likeness (QED) is 0.799. The summed E-state index contributed by atoms with van der Waals surface area (Å²) in [5, 5.41) is 10.2. The number of hydrogen-bond acceptors (Lipinski definition) is 5. The molecule has 7 heteroatoms. The summed E-state index contributed by atoms with van der Waals surface area (Å²) in [6, 6.07) is 7.11. The van der Waals surface area contributed by atoms with Crippen molar-refractivity contribution >= 4 is 22.6 Å². The number of carbonyl (C=O) groups excluding carboxylic acids is 2. The summed E-state index contributed by atoms with van der Waals surface area (Å²) < 4.78 is 5.01. The topological polar surface area (TPSA) is 101 Å². The van der Waals surface area contributed by atoms with Crippen LogP contribution in [0.15, 0.2) is 29.1 Å². The molecule has 2 aromatic rings. The van der Waals surface area contributed by atoms with Gasteiger partial charge in [-0.1, -0.05) is 31.0 Å². The van der Waals surface area contributed by atoms with E-state index in [4.69, 9.17) is 4.74 Å². The van der Waals surface area contributed by atoms with Gasteiger partial charge in [0, 0.05) is 11.4 Å². The minimum absolute atomic E-state index is 0.103. The van der Waals surface area contributed by atoms with Gasteiger partial charge in [-0.25, -0.2) is 5.10 Å². The van der Waals surface area contributed by atoms with E-state index in [-0.39, 0.29) is 30.5 Å². The van der Waals surface area contributed by atoms with Gasteiger partial charge in [0.05, 0.1) is 17.5 Å². The van der Waals surface area contributed by atoms with Gasteiger partial charge in [0.15, 0.2) is 6.61 Å². The van der Waals surface area contributed by atoms with Crippen molar-refractivity contribution < 1.29 is 14.3 Å². The average molecular weight is 329 g/mol. The highest BCUT2D eigenvalue weighted by Crippen LogP contribution is 2.17. The minimum atomic E-state index is -0.554. The second kappa shape index (κ2) is 7.25. The molecule has 0 radical (unpaired) electrons. The van der Waals surface area contributed by atoms with Crippen LogP contribution in [0, 0.1) is 0 Å². The van der Waals surface area contributed by atoms with Crippen molar-refractivity contribution in [3.05, 3.63) is 40.3 Å². The molecule has 7 nitrogen and oxygen atoms in total.